The summed E-state index contributed by atoms with van der Waals surface area (Å²) in [5.74, 6) is -1.81. The quantitative estimate of drug-likeness (QED) is 0.838. The van der Waals surface area contributed by atoms with Crippen LogP contribution in [0.2, 0.25) is 0 Å². The van der Waals surface area contributed by atoms with Crippen molar-refractivity contribution in [3.63, 3.8) is 0 Å². The molecule has 1 aliphatic heterocycles. The van der Waals surface area contributed by atoms with Crippen molar-refractivity contribution in [2.75, 3.05) is 6.61 Å². The van der Waals surface area contributed by atoms with Gasteiger partial charge < -0.3 is 15.4 Å². The lowest BCUT2D eigenvalue weighted by molar-refractivity contribution is 0.100. The number of carbonyl (C=O) groups excluding carboxylic acids is 1. The smallest absolute Gasteiger partial charge is 0.315 e. The maximum Gasteiger partial charge on any atom is 0.315 e. The molecule has 0 spiro atoms. The van der Waals surface area contributed by atoms with Crippen molar-refractivity contribution >= 4 is 6.03 Å². The van der Waals surface area contributed by atoms with Gasteiger partial charge in [0.25, 0.3) is 0 Å². The van der Waals surface area contributed by atoms with Gasteiger partial charge in [-0.2, -0.15) is 0 Å². The SMILES string of the molecule is CC(CCC1CCCO1)NC(=O)NC(C)c1ccc(F)c(F)c1. The summed E-state index contributed by atoms with van der Waals surface area (Å²) < 4.78 is 31.7. The minimum atomic E-state index is -0.915. The van der Waals surface area contributed by atoms with E-state index in [2.05, 4.69) is 10.6 Å². The van der Waals surface area contributed by atoms with Gasteiger partial charge in [-0.25, -0.2) is 13.6 Å². The fraction of sp³-hybridized carbons (Fsp3) is 0.588. The highest BCUT2D eigenvalue weighted by Gasteiger charge is 2.18. The molecule has 0 aliphatic carbocycles. The topological polar surface area (TPSA) is 50.4 Å². The van der Waals surface area contributed by atoms with Gasteiger partial charge in [0.2, 0.25) is 0 Å². The summed E-state index contributed by atoms with van der Waals surface area (Å²) in [5, 5.41) is 5.59. The molecule has 3 unspecified atom stereocenters. The number of urea groups is 1. The van der Waals surface area contributed by atoms with E-state index in [0.717, 1.165) is 44.4 Å². The second kappa shape index (κ2) is 8.24. The van der Waals surface area contributed by atoms with Crippen molar-refractivity contribution in [2.24, 2.45) is 0 Å². The molecule has 3 atom stereocenters. The minimum Gasteiger partial charge on any atom is -0.378 e. The first-order valence-corrected chi connectivity index (χ1v) is 8.09. The van der Waals surface area contributed by atoms with Gasteiger partial charge in [0.05, 0.1) is 12.1 Å². The first kappa shape index (κ1) is 17.7. The first-order valence-electron chi connectivity index (χ1n) is 8.09. The molecule has 6 heteroatoms. The fourth-order valence-corrected chi connectivity index (χ4v) is 2.71. The summed E-state index contributed by atoms with van der Waals surface area (Å²) in [7, 11) is 0. The van der Waals surface area contributed by atoms with Gasteiger partial charge in [-0.1, -0.05) is 6.07 Å². The van der Waals surface area contributed by atoms with Gasteiger partial charge in [-0.3, -0.25) is 0 Å². The number of ether oxygens (including phenoxy) is 1. The van der Waals surface area contributed by atoms with Gasteiger partial charge in [0.15, 0.2) is 11.6 Å². The Bertz CT molecular complexity index is 533. The average Bonchev–Trinajstić information content (AvgIpc) is 3.01. The van der Waals surface area contributed by atoms with Crippen LogP contribution in [0.3, 0.4) is 0 Å². The summed E-state index contributed by atoms with van der Waals surface area (Å²) in [5.41, 5.74) is 0.519. The van der Waals surface area contributed by atoms with Gasteiger partial charge in [-0.15, -0.1) is 0 Å². The Morgan fingerprint density at radius 1 is 1.30 bits per heavy atom. The molecule has 2 N–H and O–H groups in total. The lowest BCUT2D eigenvalue weighted by atomic mass is 10.1. The second-order valence-electron chi connectivity index (χ2n) is 6.13. The standard InChI is InChI=1S/C17H24F2N2O2/c1-11(5-7-14-4-3-9-23-14)20-17(22)21-12(2)13-6-8-15(18)16(19)10-13/h6,8,10-12,14H,3-5,7,9H2,1-2H3,(H2,20,21,22). The van der Waals surface area contributed by atoms with Crippen molar-refractivity contribution in [3.8, 4) is 0 Å². The van der Waals surface area contributed by atoms with Crippen molar-refractivity contribution in [3.05, 3.63) is 35.4 Å². The largest absolute Gasteiger partial charge is 0.378 e. The lowest BCUT2D eigenvalue weighted by Gasteiger charge is -2.19. The Hall–Kier alpha value is -1.69. The zero-order valence-electron chi connectivity index (χ0n) is 13.6. The van der Waals surface area contributed by atoms with Crippen molar-refractivity contribution in [1.82, 2.24) is 10.6 Å². The predicted molar refractivity (Wildman–Crippen MR) is 84.1 cm³/mol. The maximum atomic E-state index is 13.2. The van der Waals surface area contributed by atoms with Crippen molar-refractivity contribution < 1.29 is 18.3 Å². The number of nitrogens with one attached hydrogen (secondary N) is 2. The van der Waals surface area contributed by atoms with Crippen molar-refractivity contribution in [1.29, 1.82) is 0 Å². The Kier molecular flexibility index (Phi) is 6.33. The Morgan fingerprint density at radius 2 is 2.09 bits per heavy atom. The summed E-state index contributed by atoms with van der Waals surface area (Å²) in [6.45, 7) is 4.50. The molecular formula is C17H24F2N2O2. The number of halogens is 2. The van der Waals surface area contributed by atoms with Crippen LogP contribution in [0.15, 0.2) is 18.2 Å². The third kappa shape index (κ3) is 5.46. The van der Waals surface area contributed by atoms with E-state index < -0.39 is 17.7 Å². The highest BCUT2D eigenvalue weighted by molar-refractivity contribution is 5.74. The van der Waals surface area contributed by atoms with Crippen LogP contribution in [-0.4, -0.2) is 24.8 Å². The molecule has 1 saturated heterocycles. The van der Waals surface area contributed by atoms with Crippen molar-refractivity contribution in [2.45, 2.75) is 57.7 Å². The monoisotopic (exact) mass is 326 g/mol. The van der Waals surface area contributed by atoms with E-state index in [1.807, 2.05) is 6.92 Å². The number of hydrogen-bond acceptors (Lipinski definition) is 2. The van der Waals surface area contributed by atoms with Crippen LogP contribution >= 0.6 is 0 Å². The molecular weight excluding hydrogens is 302 g/mol. The molecule has 1 aromatic rings. The summed E-state index contributed by atoms with van der Waals surface area (Å²) >= 11 is 0. The van der Waals surface area contributed by atoms with E-state index in [0.29, 0.717) is 11.7 Å². The summed E-state index contributed by atoms with van der Waals surface area (Å²) in [6, 6.07) is 2.92. The molecule has 23 heavy (non-hydrogen) atoms. The number of rotatable bonds is 6. The van der Waals surface area contributed by atoms with Gasteiger partial charge >= 0.3 is 6.03 Å². The van der Waals surface area contributed by atoms with Crippen LogP contribution < -0.4 is 10.6 Å². The van der Waals surface area contributed by atoms with E-state index in [-0.39, 0.29) is 12.1 Å². The maximum absolute atomic E-state index is 13.2. The molecule has 1 fully saturated rings. The van der Waals surface area contributed by atoms with E-state index in [9.17, 15) is 13.6 Å². The molecule has 2 amide bonds. The minimum absolute atomic E-state index is 0.0244. The molecule has 2 rings (SSSR count). The normalized spacial score (nSPS) is 20.1. The molecule has 1 aliphatic rings. The van der Waals surface area contributed by atoms with Crippen LogP contribution in [0, 0.1) is 11.6 Å². The third-order valence-electron chi connectivity index (χ3n) is 4.11. The Morgan fingerprint density at radius 3 is 2.74 bits per heavy atom. The molecule has 1 aromatic carbocycles. The van der Waals surface area contributed by atoms with Crippen LogP contribution in [0.1, 0.15) is 51.1 Å². The number of hydrogen-bond donors (Lipinski definition) is 2. The fourth-order valence-electron chi connectivity index (χ4n) is 2.71. The van der Waals surface area contributed by atoms with E-state index >= 15 is 0 Å². The van der Waals surface area contributed by atoms with Crippen LogP contribution in [0.4, 0.5) is 13.6 Å². The molecule has 0 bridgehead atoms. The Balaban J connectivity index is 1.75. The highest BCUT2D eigenvalue weighted by atomic mass is 19.2. The summed E-state index contributed by atoms with van der Waals surface area (Å²) in [4.78, 5) is 12.0. The number of carbonyl (C=O) groups is 1. The van der Waals surface area contributed by atoms with Crippen LogP contribution in [0.5, 0.6) is 0 Å². The Labute approximate surface area is 135 Å². The lowest BCUT2D eigenvalue weighted by Crippen LogP contribution is -2.42. The zero-order valence-corrected chi connectivity index (χ0v) is 13.6. The average molecular weight is 326 g/mol. The second-order valence-corrected chi connectivity index (χ2v) is 6.13. The summed E-state index contributed by atoms with van der Waals surface area (Å²) in [6.07, 6.45) is 4.28. The van der Waals surface area contributed by atoms with Gasteiger partial charge in [0, 0.05) is 12.6 Å². The zero-order chi connectivity index (χ0) is 16.8. The first-order chi connectivity index (χ1) is 11.0. The van der Waals surface area contributed by atoms with Crippen LogP contribution in [-0.2, 0) is 4.74 Å². The van der Waals surface area contributed by atoms with Gasteiger partial charge in [0.1, 0.15) is 0 Å². The molecule has 1 heterocycles. The molecule has 0 saturated carbocycles. The van der Waals surface area contributed by atoms with E-state index in [1.54, 1.807) is 6.92 Å². The molecule has 0 aromatic heterocycles. The predicted octanol–water partition coefficient (Wildman–Crippen LogP) is 3.67. The van der Waals surface area contributed by atoms with Gasteiger partial charge in [-0.05, 0) is 57.2 Å². The van der Waals surface area contributed by atoms with E-state index in [4.69, 9.17) is 4.74 Å². The molecule has 128 valence electrons. The molecule has 4 nitrogen and oxygen atoms in total. The molecule has 0 radical (unpaired) electrons. The van der Waals surface area contributed by atoms with Crippen LogP contribution in [0.25, 0.3) is 0 Å². The third-order valence-corrected chi connectivity index (χ3v) is 4.11. The number of benzene rings is 1. The van der Waals surface area contributed by atoms with E-state index in [1.165, 1.54) is 6.07 Å². The number of amides is 2. The highest BCUT2D eigenvalue weighted by Crippen LogP contribution is 2.18.